The number of anilines is 1. The van der Waals surface area contributed by atoms with Crippen molar-refractivity contribution in [2.75, 3.05) is 12.4 Å². The zero-order valence-corrected chi connectivity index (χ0v) is 14.7. The van der Waals surface area contributed by atoms with Crippen LogP contribution < -0.4 is 26.8 Å². The Labute approximate surface area is 154 Å². The summed E-state index contributed by atoms with van der Waals surface area (Å²) >= 11 is 5.19. The summed E-state index contributed by atoms with van der Waals surface area (Å²) in [6.45, 7) is 0. The molecule has 0 unspecified atom stereocenters. The molecule has 1 amide bonds. The minimum atomic E-state index is -0.666. The lowest BCUT2D eigenvalue weighted by Gasteiger charge is -2.08. The Hall–Kier alpha value is -3.39. The van der Waals surface area contributed by atoms with E-state index in [0.717, 1.165) is 5.69 Å². The van der Waals surface area contributed by atoms with Gasteiger partial charge in [-0.05, 0) is 36.5 Å². The van der Waals surface area contributed by atoms with Gasteiger partial charge in [0, 0.05) is 11.1 Å². The third-order valence-corrected chi connectivity index (χ3v) is 3.71. The molecule has 7 nitrogen and oxygen atoms in total. The molecular formula is C18H16N4O3S. The summed E-state index contributed by atoms with van der Waals surface area (Å²) in [5.74, 6) is -0.152. The molecule has 0 aliphatic heterocycles. The van der Waals surface area contributed by atoms with Gasteiger partial charge in [0.25, 0.3) is 5.91 Å². The van der Waals surface area contributed by atoms with Gasteiger partial charge in [-0.25, -0.2) is 5.43 Å². The highest BCUT2D eigenvalue weighted by Gasteiger charge is 2.12. The number of amides is 1. The second kappa shape index (κ2) is 7.66. The molecule has 26 heavy (non-hydrogen) atoms. The van der Waals surface area contributed by atoms with Gasteiger partial charge in [0.05, 0.1) is 7.11 Å². The predicted molar refractivity (Wildman–Crippen MR) is 103 cm³/mol. The molecule has 0 atom stereocenters. The number of primary amides is 1. The Morgan fingerprint density at radius 2 is 1.96 bits per heavy atom. The van der Waals surface area contributed by atoms with Crippen LogP contribution in [0.15, 0.2) is 64.1 Å². The van der Waals surface area contributed by atoms with Gasteiger partial charge in [0.15, 0.2) is 16.4 Å². The van der Waals surface area contributed by atoms with Crippen molar-refractivity contribution in [1.82, 2.24) is 5.43 Å². The van der Waals surface area contributed by atoms with Crippen LogP contribution in [0, 0.1) is 0 Å². The molecule has 0 spiro atoms. The molecule has 0 bridgehead atoms. The number of nitrogens with zero attached hydrogens (tertiary/aromatic N) is 1. The number of nitrogens with one attached hydrogen (secondary N) is 2. The normalized spacial score (nSPS) is 11.2. The number of carbonyl (C=O) groups excluding carboxylic acids is 1. The number of hydrogen-bond acceptors (Lipinski definition) is 5. The maximum absolute atomic E-state index is 11.8. The van der Waals surface area contributed by atoms with Crippen molar-refractivity contribution in [2.45, 2.75) is 0 Å². The van der Waals surface area contributed by atoms with Crippen LogP contribution in [-0.2, 0) is 0 Å². The SMILES string of the molecule is COc1cccc2cc(C(N)=O)c(=NNC(=S)Nc3ccccc3)oc12. The smallest absolute Gasteiger partial charge is 0.254 e. The summed E-state index contributed by atoms with van der Waals surface area (Å²) in [7, 11) is 1.53. The fourth-order valence-corrected chi connectivity index (χ4v) is 2.49. The van der Waals surface area contributed by atoms with E-state index in [1.807, 2.05) is 30.3 Å². The van der Waals surface area contributed by atoms with E-state index in [1.54, 1.807) is 24.3 Å². The van der Waals surface area contributed by atoms with Crippen molar-refractivity contribution >= 4 is 39.9 Å². The number of para-hydroxylation sites is 2. The fourth-order valence-electron chi connectivity index (χ4n) is 2.33. The molecule has 0 radical (unpaired) electrons. The average molecular weight is 368 g/mol. The number of fused-ring (bicyclic) bond motifs is 1. The van der Waals surface area contributed by atoms with Crippen LogP contribution in [-0.4, -0.2) is 18.1 Å². The van der Waals surface area contributed by atoms with Gasteiger partial charge >= 0.3 is 0 Å². The largest absolute Gasteiger partial charge is 0.493 e. The number of benzene rings is 2. The number of carbonyl (C=O) groups is 1. The zero-order chi connectivity index (χ0) is 18.5. The van der Waals surface area contributed by atoms with Crippen molar-refractivity contribution in [3.63, 3.8) is 0 Å². The van der Waals surface area contributed by atoms with Crippen LogP contribution in [0.2, 0.25) is 0 Å². The standard InChI is InChI=1S/C18H16N4O3S/c1-24-14-9-5-6-11-10-13(16(19)23)17(25-15(11)14)21-22-18(26)20-12-7-3-2-4-8-12/h2-10H,1H3,(H2,19,23)(H2,20,22,26). The minimum Gasteiger partial charge on any atom is -0.493 e. The van der Waals surface area contributed by atoms with E-state index >= 15 is 0 Å². The Bertz CT molecular complexity index is 1030. The van der Waals surface area contributed by atoms with Gasteiger partial charge in [0.2, 0.25) is 5.55 Å². The fraction of sp³-hybridized carbons (Fsp3) is 0.0556. The van der Waals surface area contributed by atoms with Crippen molar-refractivity contribution in [2.24, 2.45) is 10.8 Å². The molecule has 0 saturated heterocycles. The summed E-state index contributed by atoms with van der Waals surface area (Å²) in [6.07, 6.45) is 0. The quantitative estimate of drug-likeness (QED) is 0.483. The summed E-state index contributed by atoms with van der Waals surface area (Å²) in [5, 5.41) is 7.94. The van der Waals surface area contributed by atoms with E-state index in [9.17, 15) is 4.79 Å². The highest BCUT2D eigenvalue weighted by Crippen LogP contribution is 2.24. The van der Waals surface area contributed by atoms with E-state index in [-0.39, 0.29) is 16.2 Å². The first-order valence-electron chi connectivity index (χ1n) is 7.65. The summed E-state index contributed by atoms with van der Waals surface area (Å²) < 4.78 is 11.0. The lowest BCUT2D eigenvalue weighted by Crippen LogP contribution is -2.29. The van der Waals surface area contributed by atoms with Crippen molar-refractivity contribution in [3.05, 3.63) is 65.7 Å². The molecule has 1 aromatic heterocycles. The number of nitrogens with two attached hydrogens (primary N) is 1. The third-order valence-electron chi connectivity index (χ3n) is 3.51. The van der Waals surface area contributed by atoms with Crippen LogP contribution in [0.25, 0.3) is 11.0 Å². The molecule has 0 aliphatic carbocycles. The van der Waals surface area contributed by atoms with E-state index in [2.05, 4.69) is 15.8 Å². The Morgan fingerprint density at radius 1 is 1.19 bits per heavy atom. The molecule has 132 valence electrons. The third kappa shape index (κ3) is 3.81. The highest BCUT2D eigenvalue weighted by molar-refractivity contribution is 7.80. The first-order valence-corrected chi connectivity index (χ1v) is 8.06. The van der Waals surface area contributed by atoms with Gasteiger partial charge in [-0.2, -0.15) is 0 Å². The summed E-state index contributed by atoms with van der Waals surface area (Å²) in [5.41, 5.74) is 9.46. The minimum absolute atomic E-state index is 0.00621. The van der Waals surface area contributed by atoms with Crippen LogP contribution in [0.4, 0.5) is 5.69 Å². The predicted octanol–water partition coefficient (Wildman–Crippen LogP) is 2.34. The number of rotatable bonds is 4. The first kappa shape index (κ1) is 17.4. The van der Waals surface area contributed by atoms with Gasteiger partial charge in [-0.3, -0.25) is 4.79 Å². The van der Waals surface area contributed by atoms with Crippen LogP contribution >= 0.6 is 12.2 Å². The molecule has 4 N–H and O–H groups in total. The molecule has 0 fully saturated rings. The lowest BCUT2D eigenvalue weighted by molar-refractivity contribution is 0.0996. The zero-order valence-electron chi connectivity index (χ0n) is 13.9. The number of thiocarbonyl (C=S) groups is 1. The topological polar surface area (TPSA) is 102 Å². The van der Waals surface area contributed by atoms with Crippen LogP contribution in [0.1, 0.15) is 10.4 Å². The number of hydrogen-bond donors (Lipinski definition) is 3. The van der Waals surface area contributed by atoms with Crippen LogP contribution in [0.5, 0.6) is 5.75 Å². The molecule has 0 aliphatic rings. The van der Waals surface area contributed by atoms with Crippen LogP contribution in [0.3, 0.4) is 0 Å². The Balaban J connectivity index is 1.96. The molecule has 1 heterocycles. The molecule has 0 saturated carbocycles. The summed E-state index contributed by atoms with van der Waals surface area (Å²) in [6, 6.07) is 16.3. The van der Waals surface area contributed by atoms with Gasteiger partial charge < -0.3 is 20.2 Å². The second-order valence-electron chi connectivity index (χ2n) is 5.25. The highest BCUT2D eigenvalue weighted by atomic mass is 32.1. The summed E-state index contributed by atoms with van der Waals surface area (Å²) in [4.78, 5) is 11.8. The molecule has 8 heteroatoms. The maximum Gasteiger partial charge on any atom is 0.254 e. The lowest BCUT2D eigenvalue weighted by atomic mass is 10.1. The van der Waals surface area contributed by atoms with E-state index < -0.39 is 5.91 Å². The van der Waals surface area contributed by atoms with E-state index in [1.165, 1.54) is 7.11 Å². The monoisotopic (exact) mass is 368 g/mol. The molecule has 3 aromatic rings. The van der Waals surface area contributed by atoms with Crippen molar-refractivity contribution in [1.29, 1.82) is 0 Å². The van der Waals surface area contributed by atoms with Crippen molar-refractivity contribution < 1.29 is 13.9 Å². The molecule has 3 rings (SSSR count). The van der Waals surface area contributed by atoms with E-state index in [0.29, 0.717) is 16.7 Å². The average Bonchev–Trinajstić information content (AvgIpc) is 2.65. The maximum atomic E-state index is 11.8. The Kier molecular flexibility index (Phi) is 5.14. The van der Waals surface area contributed by atoms with Gasteiger partial charge in [-0.1, -0.05) is 30.3 Å². The van der Waals surface area contributed by atoms with E-state index in [4.69, 9.17) is 27.1 Å². The van der Waals surface area contributed by atoms with Gasteiger partial charge in [-0.15, -0.1) is 5.10 Å². The number of methoxy groups -OCH3 is 1. The first-order chi connectivity index (χ1) is 12.6. The molecular weight excluding hydrogens is 352 g/mol. The molecule has 2 aromatic carbocycles. The Morgan fingerprint density at radius 3 is 2.65 bits per heavy atom. The van der Waals surface area contributed by atoms with Gasteiger partial charge in [0.1, 0.15) is 5.56 Å². The van der Waals surface area contributed by atoms with Crippen molar-refractivity contribution in [3.8, 4) is 5.75 Å². The number of ether oxygens (including phenoxy) is 1. The second-order valence-corrected chi connectivity index (χ2v) is 5.66.